The summed E-state index contributed by atoms with van der Waals surface area (Å²) in [5.74, 6) is 0.564. The van der Waals surface area contributed by atoms with Crippen LogP contribution in [0.3, 0.4) is 0 Å². The van der Waals surface area contributed by atoms with Gasteiger partial charge in [0.15, 0.2) is 5.65 Å². The topological polar surface area (TPSA) is 85.1 Å². The van der Waals surface area contributed by atoms with Gasteiger partial charge in [0.2, 0.25) is 5.88 Å². The molecule has 1 amide bonds. The third kappa shape index (κ3) is 3.60. The zero-order valence-electron chi connectivity index (χ0n) is 17.1. The molecule has 0 bridgehead atoms. The van der Waals surface area contributed by atoms with E-state index in [0.717, 1.165) is 25.0 Å². The van der Waals surface area contributed by atoms with Gasteiger partial charge in [0.25, 0.3) is 0 Å². The van der Waals surface area contributed by atoms with E-state index in [4.69, 9.17) is 14.6 Å². The van der Waals surface area contributed by atoms with Crippen molar-refractivity contribution in [2.45, 2.75) is 19.4 Å². The highest BCUT2D eigenvalue weighted by molar-refractivity contribution is 5.69. The molecule has 4 rings (SSSR count). The molecule has 3 aromatic rings. The molecule has 1 aliphatic heterocycles. The molecular formula is C20H23FN6O3. The summed E-state index contributed by atoms with van der Waals surface area (Å²) in [6.07, 6.45) is 3.21. The minimum absolute atomic E-state index is 0.0383. The van der Waals surface area contributed by atoms with Crippen molar-refractivity contribution in [1.29, 1.82) is 0 Å². The van der Waals surface area contributed by atoms with Crippen molar-refractivity contribution in [3.63, 3.8) is 0 Å². The van der Waals surface area contributed by atoms with Gasteiger partial charge in [-0.2, -0.15) is 0 Å². The average Bonchev–Trinajstić information content (AvgIpc) is 3.40. The molecule has 0 radical (unpaired) electrons. The monoisotopic (exact) mass is 414 g/mol. The Morgan fingerprint density at radius 2 is 2.17 bits per heavy atom. The van der Waals surface area contributed by atoms with Crippen molar-refractivity contribution < 1.29 is 18.7 Å². The smallest absolute Gasteiger partial charge is 0.409 e. The minimum atomic E-state index is -0.471. The van der Waals surface area contributed by atoms with E-state index in [1.54, 1.807) is 29.6 Å². The summed E-state index contributed by atoms with van der Waals surface area (Å²) >= 11 is 0. The Morgan fingerprint density at radius 1 is 1.33 bits per heavy atom. The summed E-state index contributed by atoms with van der Waals surface area (Å²) in [5, 5.41) is 4.71. The van der Waals surface area contributed by atoms with Crippen molar-refractivity contribution in [3.05, 3.63) is 36.4 Å². The van der Waals surface area contributed by atoms with Gasteiger partial charge in [0, 0.05) is 20.1 Å². The van der Waals surface area contributed by atoms with Crippen LogP contribution in [0.4, 0.5) is 15.0 Å². The third-order valence-corrected chi connectivity index (χ3v) is 5.23. The molecule has 30 heavy (non-hydrogen) atoms. The van der Waals surface area contributed by atoms with Gasteiger partial charge < -0.3 is 19.3 Å². The van der Waals surface area contributed by atoms with Crippen molar-refractivity contribution in [3.8, 4) is 17.1 Å². The van der Waals surface area contributed by atoms with Gasteiger partial charge in [-0.1, -0.05) is 0 Å². The number of fused-ring (bicyclic) bond motifs is 1. The molecule has 0 saturated carbocycles. The van der Waals surface area contributed by atoms with Gasteiger partial charge >= 0.3 is 6.09 Å². The molecule has 158 valence electrons. The number of pyridine rings is 1. The maximum atomic E-state index is 13.8. The van der Waals surface area contributed by atoms with Crippen LogP contribution >= 0.6 is 0 Å². The number of anilines is 1. The summed E-state index contributed by atoms with van der Waals surface area (Å²) in [6, 6.07) is 5.13. The zero-order valence-corrected chi connectivity index (χ0v) is 17.1. The van der Waals surface area contributed by atoms with Crippen LogP contribution in [0.2, 0.25) is 0 Å². The number of imidazole rings is 1. The number of halogens is 1. The number of likely N-dealkylation sites (N-methyl/N-ethyl adjacent to an activating group) is 1. The normalized spacial score (nSPS) is 16.1. The lowest BCUT2D eigenvalue weighted by Gasteiger charge is -2.24. The molecule has 0 unspecified atom stereocenters. The Labute approximate surface area is 173 Å². The molecule has 1 aliphatic rings. The molecule has 1 fully saturated rings. The summed E-state index contributed by atoms with van der Waals surface area (Å²) in [5.41, 5.74) is 1.67. The van der Waals surface area contributed by atoms with Crippen molar-refractivity contribution in [2.24, 2.45) is 0 Å². The molecule has 10 heteroatoms. The van der Waals surface area contributed by atoms with Crippen LogP contribution in [-0.2, 0) is 4.74 Å². The molecule has 0 aliphatic carbocycles. The van der Waals surface area contributed by atoms with Crippen LogP contribution in [0.25, 0.3) is 16.9 Å². The number of carbonyl (C=O) groups excluding carboxylic acids is 1. The van der Waals surface area contributed by atoms with Crippen LogP contribution in [0.1, 0.15) is 13.3 Å². The Kier molecular flexibility index (Phi) is 5.39. The third-order valence-electron chi connectivity index (χ3n) is 5.23. The summed E-state index contributed by atoms with van der Waals surface area (Å²) < 4.78 is 25.8. The molecular weight excluding hydrogens is 391 g/mol. The lowest BCUT2D eigenvalue weighted by atomic mass is 10.2. The molecule has 9 nitrogen and oxygen atoms in total. The predicted octanol–water partition coefficient (Wildman–Crippen LogP) is 2.61. The average molecular weight is 414 g/mol. The van der Waals surface area contributed by atoms with E-state index in [9.17, 15) is 9.18 Å². The molecule has 4 heterocycles. The van der Waals surface area contributed by atoms with Crippen LogP contribution in [0.15, 0.2) is 30.6 Å². The highest BCUT2D eigenvalue weighted by Crippen LogP contribution is 2.30. The number of amides is 1. The van der Waals surface area contributed by atoms with Crippen molar-refractivity contribution in [2.75, 3.05) is 38.8 Å². The lowest BCUT2D eigenvalue weighted by Crippen LogP contribution is -2.39. The van der Waals surface area contributed by atoms with Gasteiger partial charge in [0.1, 0.15) is 11.6 Å². The second-order valence-corrected chi connectivity index (χ2v) is 7.01. The zero-order chi connectivity index (χ0) is 21.3. The number of methoxy groups -OCH3 is 1. The number of nitrogens with zero attached hydrogens (tertiary/aromatic N) is 6. The highest BCUT2D eigenvalue weighted by atomic mass is 19.1. The van der Waals surface area contributed by atoms with E-state index in [2.05, 4.69) is 14.9 Å². The van der Waals surface area contributed by atoms with Crippen LogP contribution < -0.4 is 9.64 Å². The van der Waals surface area contributed by atoms with Gasteiger partial charge in [-0.15, -0.1) is 5.10 Å². The van der Waals surface area contributed by atoms with Gasteiger partial charge in [-0.3, -0.25) is 0 Å². The van der Waals surface area contributed by atoms with E-state index < -0.39 is 5.82 Å². The predicted molar refractivity (Wildman–Crippen MR) is 108 cm³/mol. The lowest BCUT2D eigenvalue weighted by molar-refractivity contribution is 0.105. The molecule has 0 N–H and O–H groups in total. The quantitative estimate of drug-likeness (QED) is 0.634. The number of hydrogen-bond donors (Lipinski definition) is 0. The van der Waals surface area contributed by atoms with Gasteiger partial charge in [-0.05, 0) is 31.5 Å². The SMILES string of the molecule is CCOC(=O)N(C)[C@H]1CCN(c2ccc3ncc(-c4cc(F)cnc4OC)n3n2)C1. The fourth-order valence-corrected chi connectivity index (χ4v) is 3.63. The Balaban J connectivity index is 1.63. The Morgan fingerprint density at radius 3 is 2.93 bits per heavy atom. The molecule has 0 aromatic carbocycles. The number of aromatic nitrogens is 4. The first kappa shape index (κ1) is 19.9. The number of carbonyl (C=O) groups is 1. The largest absolute Gasteiger partial charge is 0.481 e. The van der Waals surface area contributed by atoms with Crippen LogP contribution in [0.5, 0.6) is 5.88 Å². The maximum Gasteiger partial charge on any atom is 0.409 e. The van der Waals surface area contributed by atoms with E-state index in [1.807, 2.05) is 12.1 Å². The van der Waals surface area contributed by atoms with E-state index in [0.29, 0.717) is 35.9 Å². The maximum absolute atomic E-state index is 13.8. The second kappa shape index (κ2) is 8.13. The summed E-state index contributed by atoms with van der Waals surface area (Å²) in [7, 11) is 3.23. The van der Waals surface area contributed by atoms with E-state index in [1.165, 1.54) is 13.2 Å². The number of rotatable bonds is 5. The van der Waals surface area contributed by atoms with Crippen molar-refractivity contribution >= 4 is 17.6 Å². The van der Waals surface area contributed by atoms with E-state index >= 15 is 0 Å². The van der Waals surface area contributed by atoms with Crippen LogP contribution in [-0.4, -0.2) is 70.5 Å². The molecule has 1 saturated heterocycles. The Hall–Kier alpha value is -3.43. The Bertz CT molecular complexity index is 1070. The fourth-order valence-electron chi connectivity index (χ4n) is 3.63. The first-order chi connectivity index (χ1) is 14.5. The molecule has 0 spiro atoms. The molecule has 1 atom stereocenters. The highest BCUT2D eigenvalue weighted by Gasteiger charge is 2.30. The van der Waals surface area contributed by atoms with Gasteiger partial charge in [0.05, 0.1) is 43.4 Å². The summed E-state index contributed by atoms with van der Waals surface area (Å²) in [4.78, 5) is 24.1. The minimum Gasteiger partial charge on any atom is -0.481 e. The fraction of sp³-hybridized carbons (Fsp3) is 0.400. The van der Waals surface area contributed by atoms with E-state index in [-0.39, 0.29) is 12.1 Å². The van der Waals surface area contributed by atoms with Crippen molar-refractivity contribution in [1.82, 2.24) is 24.5 Å². The first-order valence-corrected chi connectivity index (χ1v) is 9.71. The number of hydrogen-bond acceptors (Lipinski definition) is 7. The van der Waals surface area contributed by atoms with Crippen LogP contribution in [0, 0.1) is 5.82 Å². The van der Waals surface area contributed by atoms with Gasteiger partial charge in [-0.25, -0.2) is 23.7 Å². The molecule has 3 aromatic heterocycles. The standard InChI is InChI=1S/C20H23FN6O3/c1-4-30-20(28)25(2)14-7-8-26(12-14)18-6-5-17-22-11-16(27(17)24-18)15-9-13(21)10-23-19(15)29-3/h5-6,9-11,14H,4,7-8,12H2,1-3H3/t14-/m0/s1. The first-order valence-electron chi connectivity index (χ1n) is 9.71. The second-order valence-electron chi connectivity index (χ2n) is 7.01. The number of ether oxygens (including phenoxy) is 2. The summed E-state index contributed by atoms with van der Waals surface area (Å²) in [6.45, 7) is 3.53.